The highest BCUT2D eigenvalue weighted by Crippen LogP contribution is 2.26. The van der Waals surface area contributed by atoms with Gasteiger partial charge in [-0.15, -0.1) is 0 Å². The van der Waals surface area contributed by atoms with E-state index in [0.717, 1.165) is 12.5 Å². The van der Waals surface area contributed by atoms with Gasteiger partial charge in [0.1, 0.15) is 0 Å². The first-order valence-corrected chi connectivity index (χ1v) is 6.15. The summed E-state index contributed by atoms with van der Waals surface area (Å²) in [5.74, 6) is -1.27. The van der Waals surface area contributed by atoms with Crippen LogP contribution in [0.2, 0.25) is 0 Å². The highest BCUT2D eigenvalue weighted by molar-refractivity contribution is 7.85. The van der Waals surface area contributed by atoms with Crippen LogP contribution in [0.5, 0.6) is 0 Å². The molecule has 1 aromatic heterocycles. The molecule has 96 valence electrons. The maximum atomic E-state index is 12.2. The van der Waals surface area contributed by atoms with Crippen LogP contribution in [-0.4, -0.2) is 24.6 Å². The summed E-state index contributed by atoms with van der Waals surface area (Å²) in [6, 6.07) is 0. The standard InChI is InChI=1S/C8H9F3N2O3S/c1-5-6(4-16-17(2,14)15)3-12-7(13-5)8(9,10)11/h3H,4H2,1-2H3. The van der Waals surface area contributed by atoms with Crippen LogP contribution < -0.4 is 0 Å². The minimum Gasteiger partial charge on any atom is -0.265 e. The molecule has 0 radical (unpaired) electrons. The molecule has 9 heteroatoms. The SMILES string of the molecule is Cc1nc(C(F)(F)F)ncc1COS(C)(=O)=O. The minimum atomic E-state index is -4.62. The zero-order valence-corrected chi connectivity index (χ0v) is 9.76. The molecule has 0 aliphatic heterocycles. The fourth-order valence-electron chi connectivity index (χ4n) is 0.941. The molecule has 0 atom stereocenters. The van der Waals surface area contributed by atoms with Gasteiger partial charge in [0, 0.05) is 17.5 Å². The van der Waals surface area contributed by atoms with Crippen molar-refractivity contribution in [2.24, 2.45) is 0 Å². The number of aromatic nitrogens is 2. The number of nitrogens with zero attached hydrogens (tertiary/aromatic N) is 2. The molecule has 0 unspecified atom stereocenters. The van der Waals surface area contributed by atoms with Crippen LogP contribution in [0.3, 0.4) is 0 Å². The lowest BCUT2D eigenvalue weighted by Gasteiger charge is -2.08. The maximum absolute atomic E-state index is 12.2. The van der Waals surface area contributed by atoms with Crippen LogP contribution in [0.4, 0.5) is 13.2 Å². The number of hydrogen-bond donors (Lipinski definition) is 0. The Kier molecular flexibility index (Phi) is 3.72. The van der Waals surface area contributed by atoms with E-state index in [1.165, 1.54) is 6.92 Å². The van der Waals surface area contributed by atoms with Crippen LogP contribution in [0.1, 0.15) is 17.1 Å². The number of hydrogen-bond acceptors (Lipinski definition) is 5. The average Bonchev–Trinajstić information content (AvgIpc) is 2.12. The molecule has 0 saturated heterocycles. The van der Waals surface area contributed by atoms with Crippen molar-refractivity contribution in [3.63, 3.8) is 0 Å². The number of aryl methyl sites for hydroxylation is 1. The molecule has 0 amide bonds. The van der Waals surface area contributed by atoms with E-state index in [9.17, 15) is 21.6 Å². The fraction of sp³-hybridized carbons (Fsp3) is 0.500. The lowest BCUT2D eigenvalue weighted by atomic mass is 10.2. The van der Waals surface area contributed by atoms with Crippen molar-refractivity contribution in [2.75, 3.05) is 6.26 Å². The summed E-state index contributed by atoms with van der Waals surface area (Å²) in [6.45, 7) is 0.931. The molecule has 1 aromatic rings. The Balaban J connectivity index is 2.91. The molecule has 5 nitrogen and oxygen atoms in total. The van der Waals surface area contributed by atoms with Gasteiger partial charge in [0.15, 0.2) is 0 Å². The zero-order valence-electron chi connectivity index (χ0n) is 8.95. The monoisotopic (exact) mass is 270 g/mol. The molecule has 17 heavy (non-hydrogen) atoms. The first-order valence-electron chi connectivity index (χ1n) is 4.34. The average molecular weight is 270 g/mol. The van der Waals surface area contributed by atoms with Crippen molar-refractivity contribution >= 4 is 10.1 Å². The second-order valence-electron chi connectivity index (χ2n) is 3.27. The second-order valence-corrected chi connectivity index (χ2v) is 4.91. The van der Waals surface area contributed by atoms with Crippen LogP contribution in [0, 0.1) is 6.92 Å². The molecule has 0 aromatic carbocycles. The van der Waals surface area contributed by atoms with E-state index in [1.54, 1.807) is 0 Å². The zero-order chi connectivity index (χ0) is 13.3. The summed E-state index contributed by atoms with van der Waals surface area (Å²) in [4.78, 5) is 6.33. The van der Waals surface area contributed by atoms with Gasteiger partial charge in [-0.3, -0.25) is 4.18 Å². The molecule has 0 saturated carbocycles. The van der Waals surface area contributed by atoms with E-state index in [4.69, 9.17) is 0 Å². The summed E-state index contributed by atoms with van der Waals surface area (Å²) in [5, 5.41) is 0. The van der Waals surface area contributed by atoms with Crippen molar-refractivity contribution in [2.45, 2.75) is 19.7 Å². The third-order valence-electron chi connectivity index (χ3n) is 1.76. The molecule has 0 spiro atoms. The number of alkyl halides is 3. The highest BCUT2D eigenvalue weighted by atomic mass is 32.2. The predicted octanol–water partition coefficient (Wildman–Crippen LogP) is 1.28. The predicted molar refractivity (Wildman–Crippen MR) is 51.4 cm³/mol. The Morgan fingerprint density at radius 1 is 1.41 bits per heavy atom. The first kappa shape index (κ1) is 13.8. The van der Waals surface area contributed by atoms with Gasteiger partial charge < -0.3 is 0 Å². The Morgan fingerprint density at radius 2 is 2.00 bits per heavy atom. The molecule has 0 fully saturated rings. The van der Waals surface area contributed by atoms with Crippen molar-refractivity contribution in [1.82, 2.24) is 9.97 Å². The van der Waals surface area contributed by atoms with Crippen molar-refractivity contribution in [1.29, 1.82) is 0 Å². The second kappa shape index (κ2) is 4.57. The number of rotatable bonds is 3. The van der Waals surface area contributed by atoms with Crippen LogP contribution in [0.15, 0.2) is 6.20 Å². The van der Waals surface area contributed by atoms with E-state index in [1.807, 2.05) is 0 Å². The summed E-state index contributed by atoms with van der Waals surface area (Å²) in [7, 11) is -3.66. The fourth-order valence-corrected chi connectivity index (χ4v) is 1.28. The molecule has 0 aliphatic rings. The van der Waals surface area contributed by atoms with Crippen LogP contribution in [-0.2, 0) is 27.1 Å². The van der Waals surface area contributed by atoms with Crippen LogP contribution >= 0.6 is 0 Å². The normalized spacial score (nSPS) is 12.8. The Morgan fingerprint density at radius 3 is 2.41 bits per heavy atom. The van der Waals surface area contributed by atoms with Gasteiger partial charge in [0.05, 0.1) is 12.9 Å². The molecular formula is C8H9F3N2O3S. The first-order chi connectivity index (χ1) is 7.59. The number of halogens is 3. The molecule has 1 heterocycles. The largest absolute Gasteiger partial charge is 0.451 e. The summed E-state index contributed by atoms with van der Waals surface area (Å²) >= 11 is 0. The third-order valence-corrected chi connectivity index (χ3v) is 2.31. The van der Waals surface area contributed by atoms with E-state index >= 15 is 0 Å². The van der Waals surface area contributed by atoms with Gasteiger partial charge >= 0.3 is 6.18 Å². The van der Waals surface area contributed by atoms with Gasteiger partial charge in [-0.05, 0) is 6.92 Å². The maximum Gasteiger partial charge on any atom is 0.451 e. The molecule has 0 aliphatic carbocycles. The minimum absolute atomic E-state index is 0.0241. The van der Waals surface area contributed by atoms with Gasteiger partial charge in [-0.25, -0.2) is 9.97 Å². The topological polar surface area (TPSA) is 69.2 Å². The smallest absolute Gasteiger partial charge is 0.265 e. The Bertz CT molecular complexity index is 513. The van der Waals surface area contributed by atoms with E-state index in [-0.39, 0.29) is 17.9 Å². The Labute approximate surface area is 95.8 Å². The third kappa shape index (κ3) is 4.27. The molecule has 0 N–H and O–H groups in total. The van der Waals surface area contributed by atoms with Crippen LogP contribution in [0.25, 0.3) is 0 Å². The van der Waals surface area contributed by atoms with Gasteiger partial charge in [-0.2, -0.15) is 21.6 Å². The highest BCUT2D eigenvalue weighted by Gasteiger charge is 2.34. The Hall–Kier alpha value is -1.22. The lowest BCUT2D eigenvalue weighted by molar-refractivity contribution is -0.145. The van der Waals surface area contributed by atoms with Crippen molar-refractivity contribution in [3.05, 3.63) is 23.3 Å². The van der Waals surface area contributed by atoms with Gasteiger partial charge in [0.2, 0.25) is 5.82 Å². The lowest BCUT2D eigenvalue weighted by Crippen LogP contribution is -2.13. The van der Waals surface area contributed by atoms with E-state index in [0.29, 0.717) is 0 Å². The molecular weight excluding hydrogens is 261 g/mol. The molecule has 1 rings (SSSR count). The molecule has 0 bridgehead atoms. The van der Waals surface area contributed by atoms with Gasteiger partial charge in [-0.1, -0.05) is 0 Å². The van der Waals surface area contributed by atoms with Crippen molar-refractivity contribution in [3.8, 4) is 0 Å². The quantitative estimate of drug-likeness (QED) is 0.774. The van der Waals surface area contributed by atoms with Gasteiger partial charge in [0.25, 0.3) is 10.1 Å². The van der Waals surface area contributed by atoms with Crippen molar-refractivity contribution < 1.29 is 25.8 Å². The van der Waals surface area contributed by atoms with E-state index < -0.39 is 22.1 Å². The summed E-state index contributed by atoms with van der Waals surface area (Å²) in [5.41, 5.74) is 0.208. The van der Waals surface area contributed by atoms with E-state index in [2.05, 4.69) is 14.2 Å². The summed E-state index contributed by atoms with van der Waals surface area (Å²) < 4.78 is 62.5. The summed E-state index contributed by atoms with van der Waals surface area (Å²) in [6.07, 6.45) is -2.88.